The lowest BCUT2D eigenvalue weighted by Gasteiger charge is -2.37. The van der Waals surface area contributed by atoms with E-state index in [1.165, 1.54) is 27.8 Å². The van der Waals surface area contributed by atoms with Crippen LogP contribution in [-0.2, 0) is 8.95 Å². The predicted octanol–water partition coefficient (Wildman–Crippen LogP) is 8.90. The van der Waals surface area contributed by atoms with E-state index in [1.807, 2.05) is 60.3 Å². The average molecular weight is 569 g/mol. The molecule has 2 aliphatic heterocycles. The number of carbonyl (C=O) groups is 1. The molecule has 5 heteroatoms. The topological polar surface area (TPSA) is 32.7 Å². The Hall–Kier alpha value is -4.06. The molecule has 7 rings (SSSR count). The Morgan fingerprint density at radius 1 is 0.634 bits per heavy atom. The highest BCUT2D eigenvalue weighted by atomic mass is 32.2. The summed E-state index contributed by atoms with van der Waals surface area (Å²) in [4.78, 5) is 13.9. The molecule has 0 aromatic heterocycles. The van der Waals surface area contributed by atoms with Crippen LogP contribution in [0.3, 0.4) is 0 Å². The monoisotopic (exact) mass is 568 g/mol. The normalized spacial score (nSPS) is 18.8. The van der Waals surface area contributed by atoms with Crippen molar-refractivity contribution < 1.29 is 4.79 Å². The van der Waals surface area contributed by atoms with E-state index >= 15 is 0 Å². The summed E-state index contributed by atoms with van der Waals surface area (Å²) in [5.41, 5.74) is 8.81. The maximum Gasteiger partial charge on any atom is 0.219 e. The van der Waals surface area contributed by atoms with Gasteiger partial charge in [-0.15, -0.1) is 0 Å². The Balaban J connectivity index is 1.48. The number of carbonyl (C=O) groups excluding carboxylic acids is 1. The number of aryl methyl sites for hydroxylation is 2. The average Bonchev–Trinajstić information content (AvgIpc) is 3.55. The lowest BCUT2D eigenvalue weighted by atomic mass is 9.81. The number of hydrazone groups is 1. The van der Waals surface area contributed by atoms with Gasteiger partial charge in [0.15, 0.2) is 9.25 Å². The van der Waals surface area contributed by atoms with E-state index in [0.29, 0.717) is 10.6 Å². The Morgan fingerprint density at radius 3 is 1.73 bits per heavy atom. The van der Waals surface area contributed by atoms with Crippen LogP contribution in [0.2, 0.25) is 0 Å². The molecule has 5 aromatic rings. The van der Waals surface area contributed by atoms with Gasteiger partial charge in [-0.3, -0.25) is 4.79 Å². The van der Waals surface area contributed by atoms with Gasteiger partial charge >= 0.3 is 0 Å². The number of para-hydroxylation sites is 1. The van der Waals surface area contributed by atoms with Crippen molar-refractivity contribution in [1.29, 1.82) is 0 Å². The predicted molar refractivity (Wildman–Crippen MR) is 173 cm³/mol. The molecule has 0 aliphatic carbocycles. The molecule has 0 radical (unpaired) electrons. The van der Waals surface area contributed by atoms with Gasteiger partial charge in [0.1, 0.15) is 0 Å². The van der Waals surface area contributed by atoms with E-state index in [4.69, 9.17) is 5.10 Å². The zero-order chi connectivity index (χ0) is 28.0. The summed E-state index contributed by atoms with van der Waals surface area (Å²) in [5.74, 6) is -0.0605. The smallest absolute Gasteiger partial charge is 0.219 e. The third-order valence-electron chi connectivity index (χ3n) is 7.79. The maximum absolute atomic E-state index is 13.9. The SMILES string of the molecule is Cc1ccc(C2(c3ccc(C)cc3)S[C@]3(SC(C(=O)c4ccccc4)=NN3c3ccccc3)c3ccccc32)cc1. The van der Waals surface area contributed by atoms with Gasteiger partial charge in [0, 0.05) is 11.1 Å². The molecule has 0 saturated carbocycles. The largest absolute Gasteiger partial charge is 0.286 e. The number of benzene rings is 5. The van der Waals surface area contributed by atoms with Crippen LogP contribution < -0.4 is 5.01 Å². The number of hydrogen-bond donors (Lipinski definition) is 0. The van der Waals surface area contributed by atoms with Gasteiger partial charge < -0.3 is 0 Å². The maximum atomic E-state index is 13.9. The summed E-state index contributed by atoms with van der Waals surface area (Å²) in [6.45, 7) is 4.25. The highest BCUT2D eigenvalue weighted by molar-refractivity contribution is 8.27. The van der Waals surface area contributed by atoms with Crippen LogP contribution in [0.1, 0.15) is 43.7 Å². The summed E-state index contributed by atoms with van der Waals surface area (Å²) in [5, 5.41) is 7.65. The molecule has 5 aromatic carbocycles. The van der Waals surface area contributed by atoms with Gasteiger partial charge in [-0.25, -0.2) is 5.01 Å². The number of anilines is 1. The molecule has 1 spiro atoms. The molecule has 41 heavy (non-hydrogen) atoms. The number of thioether (sulfide) groups is 2. The molecule has 0 fully saturated rings. The minimum absolute atomic E-state index is 0.0605. The second-order valence-electron chi connectivity index (χ2n) is 10.5. The van der Waals surface area contributed by atoms with Crippen molar-refractivity contribution in [3.63, 3.8) is 0 Å². The van der Waals surface area contributed by atoms with Crippen LogP contribution >= 0.6 is 23.5 Å². The number of nitrogens with zero attached hydrogens (tertiary/aromatic N) is 2. The van der Waals surface area contributed by atoms with E-state index in [0.717, 1.165) is 11.3 Å². The Labute approximate surface area is 249 Å². The van der Waals surface area contributed by atoms with E-state index in [-0.39, 0.29) is 5.78 Å². The molecule has 0 amide bonds. The van der Waals surface area contributed by atoms with Crippen molar-refractivity contribution in [2.24, 2.45) is 5.10 Å². The number of ketones is 1. The summed E-state index contributed by atoms with van der Waals surface area (Å²) in [6.07, 6.45) is 0. The van der Waals surface area contributed by atoms with E-state index < -0.39 is 8.95 Å². The van der Waals surface area contributed by atoms with Gasteiger partial charge in [0.2, 0.25) is 5.78 Å². The summed E-state index contributed by atoms with van der Waals surface area (Å²) < 4.78 is -1.22. The molecule has 2 aliphatic rings. The van der Waals surface area contributed by atoms with Crippen LogP contribution in [0.15, 0.2) is 139 Å². The van der Waals surface area contributed by atoms with Crippen molar-refractivity contribution in [1.82, 2.24) is 0 Å². The molecule has 3 nitrogen and oxygen atoms in total. The molecule has 0 saturated heterocycles. The van der Waals surface area contributed by atoms with Crippen LogP contribution in [0.5, 0.6) is 0 Å². The molecule has 0 bridgehead atoms. The molecule has 1 atom stereocenters. The van der Waals surface area contributed by atoms with Gasteiger partial charge in [0.25, 0.3) is 0 Å². The van der Waals surface area contributed by atoms with Gasteiger partial charge in [-0.2, -0.15) is 5.10 Å². The van der Waals surface area contributed by atoms with E-state index in [2.05, 4.69) is 104 Å². The molecular weight excluding hydrogens is 541 g/mol. The number of fused-ring (bicyclic) bond motifs is 2. The summed E-state index contributed by atoms with van der Waals surface area (Å²) in [6, 6.07) is 46.1. The van der Waals surface area contributed by atoms with Crippen LogP contribution in [0.4, 0.5) is 5.69 Å². The second kappa shape index (κ2) is 10.1. The highest BCUT2D eigenvalue weighted by Gasteiger charge is 2.61. The number of hydrogen-bond acceptors (Lipinski definition) is 5. The van der Waals surface area contributed by atoms with Crippen molar-refractivity contribution >= 4 is 40.0 Å². The first-order valence-electron chi connectivity index (χ1n) is 13.7. The molecule has 2 heterocycles. The fourth-order valence-corrected chi connectivity index (χ4v) is 9.37. The lowest BCUT2D eigenvalue weighted by molar-refractivity contribution is 0.106. The highest BCUT2D eigenvalue weighted by Crippen LogP contribution is 2.71. The van der Waals surface area contributed by atoms with Gasteiger partial charge in [-0.05, 0) is 42.7 Å². The lowest BCUT2D eigenvalue weighted by Crippen LogP contribution is -2.34. The fraction of sp³-hybridized carbons (Fsp3) is 0.111. The number of Topliss-reactive ketones (excluding diaryl/α,β-unsaturated/α-hetero) is 1. The van der Waals surface area contributed by atoms with Crippen LogP contribution in [-0.4, -0.2) is 10.8 Å². The third kappa shape index (κ3) is 4.14. The summed E-state index contributed by atoms with van der Waals surface area (Å²) >= 11 is 3.41. The van der Waals surface area contributed by atoms with Crippen molar-refractivity contribution in [2.75, 3.05) is 5.01 Å². The first-order chi connectivity index (χ1) is 20.0. The molecule has 0 unspecified atom stereocenters. The molecule has 200 valence electrons. The quantitative estimate of drug-likeness (QED) is 0.198. The summed E-state index contributed by atoms with van der Waals surface area (Å²) in [7, 11) is 0. The van der Waals surface area contributed by atoms with Crippen molar-refractivity contribution in [3.8, 4) is 0 Å². The van der Waals surface area contributed by atoms with E-state index in [1.54, 1.807) is 11.8 Å². The Kier molecular flexibility index (Phi) is 6.37. The standard InChI is InChI=1S/C36H28N2OS2/c1-25-17-21-28(22-18-25)35(29-23-19-26(2)20-24-29)31-15-9-10-16-32(31)36(41-35)38(30-13-7-4-8-14-30)37-34(40-36)33(39)27-11-5-3-6-12-27/h3-24H,1-2H3/t36-/m1/s1. The third-order valence-corrected chi connectivity index (χ3v) is 11.1. The molecule has 0 N–H and O–H groups in total. The van der Waals surface area contributed by atoms with E-state index in [9.17, 15) is 4.79 Å². The van der Waals surface area contributed by atoms with Crippen molar-refractivity contribution in [3.05, 3.63) is 172 Å². The van der Waals surface area contributed by atoms with Crippen LogP contribution in [0.25, 0.3) is 0 Å². The minimum Gasteiger partial charge on any atom is -0.286 e. The fourth-order valence-electron chi connectivity index (χ4n) is 5.74. The van der Waals surface area contributed by atoms with Crippen molar-refractivity contribution in [2.45, 2.75) is 22.8 Å². The van der Waals surface area contributed by atoms with Crippen LogP contribution in [0, 0.1) is 13.8 Å². The Morgan fingerprint density at radius 2 is 1.15 bits per heavy atom. The first kappa shape index (κ1) is 25.9. The zero-order valence-corrected chi connectivity index (χ0v) is 24.5. The second-order valence-corrected chi connectivity index (χ2v) is 13.3. The van der Waals surface area contributed by atoms with Gasteiger partial charge in [0.05, 0.1) is 10.4 Å². The molecular formula is C36H28N2OS2. The van der Waals surface area contributed by atoms with Gasteiger partial charge in [-0.1, -0.05) is 156 Å². The first-order valence-corrected chi connectivity index (χ1v) is 15.3. The Bertz CT molecular complexity index is 1720. The minimum atomic E-state index is -0.701. The zero-order valence-electron chi connectivity index (χ0n) is 22.8. The number of rotatable bonds is 5.